The van der Waals surface area contributed by atoms with Gasteiger partial charge in [-0.05, 0) is 0 Å². The van der Waals surface area contributed by atoms with Crippen LogP contribution >= 0.6 is 11.6 Å². The minimum atomic E-state index is 0.519. The molecular formula is C9H11ClN6. The molecule has 0 aliphatic rings. The summed E-state index contributed by atoms with van der Waals surface area (Å²) >= 11 is 5.66. The minimum Gasteiger partial charge on any atom is -0.396 e. The summed E-state index contributed by atoms with van der Waals surface area (Å²) < 4.78 is 1.75. The monoisotopic (exact) mass is 238 g/mol. The van der Waals surface area contributed by atoms with E-state index in [1.165, 1.54) is 0 Å². The Kier molecular flexibility index (Phi) is 3.21. The van der Waals surface area contributed by atoms with Crippen molar-refractivity contribution in [3.63, 3.8) is 0 Å². The van der Waals surface area contributed by atoms with Gasteiger partial charge in [0, 0.05) is 12.7 Å². The quantitative estimate of drug-likeness (QED) is 0.831. The Labute approximate surface area is 97.5 Å². The zero-order valence-electron chi connectivity index (χ0n) is 8.47. The number of nitrogens with two attached hydrogens (primary N) is 1. The summed E-state index contributed by atoms with van der Waals surface area (Å²) in [6, 6.07) is 0. The summed E-state index contributed by atoms with van der Waals surface area (Å²) in [7, 11) is 0. The number of halogens is 1. The van der Waals surface area contributed by atoms with Crippen molar-refractivity contribution in [1.29, 1.82) is 0 Å². The Hall–Kier alpha value is -1.82. The topological polar surface area (TPSA) is 81.6 Å². The van der Waals surface area contributed by atoms with Gasteiger partial charge in [-0.2, -0.15) is 5.10 Å². The van der Waals surface area contributed by atoms with E-state index in [-0.39, 0.29) is 0 Å². The summed E-state index contributed by atoms with van der Waals surface area (Å²) in [6.45, 7) is 1.37. The summed E-state index contributed by atoms with van der Waals surface area (Å²) in [5.41, 5.74) is 6.19. The molecule has 3 N–H and O–H groups in total. The highest BCUT2D eigenvalue weighted by Gasteiger charge is 1.97. The SMILES string of the molecule is Nc1cnn(CCNc2ncc(Cl)cn2)c1. The number of nitrogens with one attached hydrogen (secondary N) is 1. The van der Waals surface area contributed by atoms with Crippen LogP contribution in [-0.2, 0) is 6.54 Å². The molecule has 0 aliphatic heterocycles. The number of nitrogen functional groups attached to an aromatic ring is 1. The highest BCUT2D eigenvalue weighted by Crippen LogP contribution is 2.05. The van der Waals surface area contributed by atoms with E-state index < -0.39 is 0 Å². The molecule has 0 saturated heterocycles. The average molecular weight is 239 g/mol. The zero-order valence-corrected chi connectivity index (χ0v) is 9.22. The maximum Gasteiger partial charge on any atom is 0.222 e. The first kappa shape index (κ1) is 10.7. The Morgan fingerprint density at radius 1 is 1.31 bits per heavy atom. The van der Waals surface area contributed by atoms with Crippen LogP contribution in [0.15, 0.2) is 24.8 Å². The van der Waals surface area contributed by atoms with Crippen molar-refractivity contribution in [2.24, 2.45) is 0 Å². The van der Waals surface area contributed by atoms with Crippen molar-refractivity contribution in [2.45, 2.75) is 6.54 Å². The first-order valence-corrected chi connectivity index (χ1v) is 5.11. The van der Waals surface area contributed by atoms with Gasteiger partial charge >= 0.3 is 0 Å². The fraction of sp³-hybridized carbons (Fsp3) is 0.222. The van der Waals surface area contributed by atoms with Crippen LogP contribution in [0.3, 0.4) is 0 Å². The van der Waals surface area contributed by atoms with Gasteiger partial charge < -0.3 is 11.1 Å². The lowest BCUT2D eigenvalue weighted by molar-refractivity contribution is 0.636. The van der Waals surface area contributed by atoms with Crippen LogP contribution in [-0.4, -0.2) is 26.3 Å². The van der Waals surface area contributed by atoms with Crippen molar-refractivity contribution >= 4 is 23.2 Å². The van der Waals surface area contributed by atoms with Crippen LogP contribution in [0, 0.1) is 0 Å². The van der Waals surface area contributed by atoms with Gasteiger partial charge in [0.15, 0.2) is 0 Å². The smallest absolute Gasteiger partial charge is 0.222 e. The van der Waals surface area contributed by atoms with E-state index in [1.54, 1.807) is 29.5 Å². The number of rotatable bonds is 4. The zero-order chi connectivity index (χ0) is 11.4. The number of hydrogen-bond acceptors (Lipinski definition) is 5. The van der Waals surface area contributed by atoms with E-state index >= 15 is 0 Å². The number of hydrogen-bond donors (Lipinski definition) is 2. The fourth-order valence-corrected chi connectivity index (χ4v) is 1.29. The van der Waals surface area contributed by atoms with Crippen LogP contribution in [0.5, 0.6) is 0 Å². The third-order valence-corrected chi connectivity index (χ3v) is 2.09. The van der Waals surface area contributed by atoms with Gasteiger partial charge in [0.2, 0.25) is 5.95 Å². The summed E-state index contributed by atoms with van der Waals surface area (Å²) in [4.78, 5) is 8.01. The van der Waals surface area contributed by atoms with Gasteiger partial charge in [-0.15, -0.1) is 0 Å². The lowest BCUT2D eigenvalue weighted by atomic mass is 10.6. The second kappa shape index (κ2) is 4.80. The van der Waals surface area contributed by atoms with Crippen LogP contribution in [0.25, 0.3) is 0 Å². The van der Waals surface area contributed by atoms with E-state index in [1.807, 2.05) is 0 Å². The molecule has 0 atom stereocenters. The maximum absolute atomic E-state index is 5.66. The van der Waals surface area contributed by atoms with E-state index in [0.717, 1.165) is 0 Å². The van der Waals surface area contributed by atoms with Crippen LogP contribution < -0.4 is 11.1 Å². The molecule has 16 heavy (non-hydrogen) atoms. The molecule has 0 aromatic carbocycles. The van der Waals surface area contributed by atoms with Gasteiger partial charge in [-0.25, -0.2) is 9.97 Å². The van der Waals surface area contributed by atoms with Gasteiger partial charge in [-0.1, -0.05) is 11.6 Å². The summed E-state index contributed by atoms with van der Waals surface area (Å²) in [5.74, 6) is 0.546. The highest BCUT2D eigenvalue weighted by molar-refractivity contribution is 6.30. The predicted octanol–water partition coefficient (Wildman–Crippen LogP) is 1.02. The molecule has 2 rings (SSSR count). The number of aromatic nitrogens is 4. The second-order valence-electron chi connectivity index (χ2n) is 3.19. The lowest BCUT2D eigenvalue weighted by Crippen LogP contribution is -2.12. The van der Waals surface area contributed by atoms with Crippen LogP contribution in [0.4, 0.5) is 11.6 Å². The summed E-state index contributed by atoms with van der Waals surface area (Å²) in [6.07, 6.45) is 6.47. The average Bonchev–Trinajstić information content (AvgIpc) is 2.67. The molecule has 0 fully saturated rings. The molecule has 0 unspecified atom stereocenters. The van der Waals surface area contributed by atoms with Crippen molar-refractivity contribution in [2.75, 3.05) is 17.6 Å². The molecule has 7 heteroatoms. The molecule has 0 saturated carbocycles. The van der Waals surface area contributed by atoms with Gasteiger partial charge in [0.25, 0.3) is 0 Å². The largest absolute Gasteiger partial charge is 0.396 e. The van der Waals surface area contributed by atoms with Gasteiger partial charge in [-0.3, -0.25) is 4.68 Å². The minimum absolute atomic E-state index is 0.519. The Bertz CT molecular complexity index is 451. The molecule has 0 spiro atoms. The van der Waals surface area contributed by atoms with E-state index in [4.69, 9.17) is 17.3 Å². The highest BCUT2D eigenvalue weighted by atomic mass is 35.5. The van der Waals surface area contributed by atoms with Crippen molar-refractivity contribution in [1.82, 2.24) is 19.7 Å². The lowest BCUT2D eigenvalue weighted by Gasteiger charge is -2.04. The normalized spacial score (nSPS) is 10.3. The van der Waals surface area contributed by atoms with Crippen molar-refractivity contribution in [3.8, 4) is 0 Å². The first-order valence-electron chi connectivity index (χ1n) is 4.73. The van der Waals surface area contributed by atoms with Crippen LogP contribution in [0.1, 0.15) is 0 Å². The maximum atomic E-state index is 5.66. The summed E-state index contributed by atoms with van der Waals surface area (Å²) in [5, 5.41) is 7.62. The number of anilines is 2. The van der Waals surface area contributed by atoms with Gasteiger partial charge in [0.05, 0.1) is 35.8 Å². The van der Waals surface area contributed by atoms with Crippen LogP contribution in [0.2, 0.25) is 5.02 Å². The Balaban J connectivity index is 1.82. The molecule has 0 bridgehead atoms. The molecular weight excluding hydrogens is 228 g/mol. The molecule has 84 valence electrons. The van der Waals surface area contributed by atoms with Gasteiger partial charge in [0.1, 0.15) is 0 Å². The predicted molar refractivity (Wildman–Crippen MR) is 62.2 cm³/mol. The van der Waals surface area contributed by atoms with Crippen molar-refractivity contribution < 1.29 is 0 Å². The second-order valence-corrected chi connectivity index (χ2v) is 3.62. The number of nitrogens with zero attached hydrogens (tertiary/aromatic N) is 4. The molecule has 0 amide bonds. The van der Waals surface area contributed by atoms with E-state index in [0.29, 0.717) is 29.7 Å². The van der Waals surface area contributed by atoms with E-state index in [9.17, 15) is 0 Å². The molecule has 0 radical (unpaired) electrons. The Morgan fingerprint density at radius 3 is 2.69 bits per heavy atom. The third-order valence-electron chi connectivity index (χ3n) is 1.90. The first-order chi connectivity index (χ1) is 7.74. The molecule has 2 aromatic rings. The Morgan fingerprint density at radius 2 is 2.06 bits per heavy atom. The molecule has 2 aromatic heterocycles. The standard InChI is InChI=1S/C9H11ClN6/c10-7-3-13-9(14-4-7)12-1-2-16-6-8(11)5-15-16/h3-6H,1-2,11H2,(H,12,13,14). The van der Waals surface area contributed by atoms with E-state index in [2.05, 4.69) is 20.4 Å². The fourth-order valence-electron chi connectivity index (χ4n) is 1.19. The molecule has 2 heterocycles. The molecule has 6 nitrogen and oxygen atoms in total. The van der Waals surface area contributed by atoms with Crippen molar-refractivity contribution in [3.05, 3.63) is 29.8 Å². The molecule has 0 aliphatic carbocycles. The third kappa shape index (κ3) is 2.83.